The highest BCUT2D eigenvalue weighted by Gasteiger charge is 2.20. The molecule has 17 heavy (non-hydrogen) atoms. The number of nitrogens with two attached hydrogens (primary N) is 1. The first-order valence-electron chi connectivity index (χ1n) is 5.35. The van der Waals surface area contributed by atoms with Crippen LogP contribution in [0.25, 0.3) is 0 Å². The molecule has 0 saturated heterocycles. The number of aromatic nitrogens is 4. The lowest BCUT2D eigenvalue weighted by Gasteiger charge is -2.16. The van der Waals surface area contributed by atoms with E-state index in [9.17, 15) is 0 Å². The van der Waals surface area contributed by atoms with Crippen molar-refractivity contribution in [1.82, 2.24) is 19.7 Å². The SMILES string of the molecule is CC(C)n1ncc(Br)c1C(N)c1cnccn1. The van der Waals surface area contributed by atoms with Crippen LogP contribution in [-0.4, -0.2) is 19.7 Å². The molecule has 2 aromatic rings. The zero-order chi connectivity index (χ0) is 12.4. The van der Waals surface area contributed by atoms with Gasteiger partial charge in [-0.2, -0.15) is 5.10 Å². The van der Waals surface area contributed by atoms with Crippen LogP contribution in [0.4, 0.5) is 0 Å². The second-order valence-corrected chi connectivity index (χ2v) is 4.88. The molecule has 0 aromatic carbocycles. The maximum Gasteiger partial charge on any atom is 0.0924 e. The zero-order valence-corrected chi connectivity index (χ0v) is 11.3. The van der Waals surface area contributed by atoms with Gasteiger partial charge < -0.3 is 5.73 Å². The first-order valence-corrected chi connectivity index (χ1v) is 6.15. The maximum absolute atomic E-state index is 6.21. The summed E-state index contributed by atoms with van der Waals surface area (Å²) < 4.78 is 2.79. The third kappa shape index (κ3) is 2.37. The molecule has 0 aliphatic heterocycles. The van der Waals surface area contributed by atoms with Gasteiger partial charge in [-0.1, -0.05) is 0 Å². The largest absolute Gasteiger partial charge is 0.318 e. The Morgan fingerprint density at radius 3 is 2.65 bits per heavy atom. The van der Waals surface area contributed by atoms with E-state index in [2.05, 4.69) is 44.8 Å². The number of hydrogen-bond acceptors (Lipinski definition) is 4. The summed E-state index contributed by atoms with van der Waals surface area (Å²) >= 11 is 3.47. The summed E-state index contributed by atoms with van der Waals surface area (Å²) in [4.78, 5) is 8.26. The highest BCUT2D eigenvalue weighted by Crippen LogP contribution is 2.27. The van der Waals surface area contributed by atoms with Crippen LogP contribution in [0.1, 0.15) is 37.3 Å². The van der Waals surface area contributed by atoms with E-state index in [1.165, 1.54) is 0 Å². The number of halogens is 1. The van der Waals surface area contributed by atoms with E-state index in [1.54, 1.807) is 24.8 Å². The zero-order valence-electron chi connectivity index (χ0n) is 9.71. The van der Waals surface area contributed by atoms with Gasteiger partial charge in [-0.3, -0.25) is 14.6 Å². The molecule has 0 radical (unpaired) electrons. The maximum atomic E-state index is 6.21. The highest BCUT2D eigenvalue weighted by molar-refractivity contribution is 9.10. The highest BCUT2D eigenvalue weighted by atomic mass is 79.9. The van der Waals surface area contributed by atoms with Crippen LogP contribution in [0.15, 0.2) is 29.3 Å². The van der Waals surface area contributed by atoms with Crippen molar-refractivity contribution in [2.75, 3.05) is 0 Å². The summed E-state index contributed by atoms with van der Waals surface area (Å²) in [6, 6.07) is -0.0815. The van der Waals surface area contributed by atoms with Gasteiger partial charge in [0.1, 0.15) is 0 Å². The second kappa shape index (κ2) is 4.93. The second-order valence-electron chi connectivity index (χ2n) is 4.02. The Bertz CT molecular complexity index is 494. The van der Waals surface area contributed by atoms with Crippen molar-refractivity contribution in [3.05, 3.63) is 40.6 Å². The molecule has 0 spiro atoms. The van der Waals surface area contributed by atoms with Crippen molar-refractivity contribution >= 4 is 15.9 Å². The summed E-state index contributed by atoms with van der Waals surface area (Å²) in [7, 11) is 0. The van der Waals surface area contributed by atoms with Crippen molar-refractivity contribution in [2.45, 2.75) is 25.9 Å². The Hall–Kier alpha value is -1.27. The standard InChI is InChI=1S/C11H14BrN5/c1-7(2)17-11(8(12)5-16-17)10(13)9-6-14-3-4-15-9/h3-7,10H,13H2,1-2H3. The molecule has 0 aliphatic carbocycles. The van der Waals surface area contributed by atoms with Crippen molar-refractivity contribution in [3.63, 3.8) is 0 Å². The molecule has 6 heteroatoms. The van der Waals surface area contributed by atoms with E-state index in [0.717, 1.165) is 15.9 Å². The molecule has 0 aliphatic rings. The van der Waals surface area contributed by atoms with Gasteiger partial charge in [0, 0.05) is 18.4 Å². The minimum absolute atomic E-state index is 0.249. The molecule has 0 fully saturated rings. The number of nitrogens with zero attached hydrogens (tertiary/aromatic N) is 4. The van der Waals surface area contributed by atoms with Gasteiger partial charge in [-0.05, 0) is 29.8 Å². The van der Waals surface area contributed by atoms with Gasteiger partial charge in [-0.15, -0.1) is 0 Å². The molecular weight excluding hydrogens is 282 g/mol. The Kier molecular flexibility index (Phi) is 3.54. The fraction of sp³-hybridized carbons (Fsp3) is 0.364. The number of hydrogen-bond donors (Lipinski definition) is 1. The summed E-state index contributed by atoms with van der Waals surface area (Å²) in [6.45, 7) is 4.12. The van der Waals surface area contributed by atoms with Gasteiger partial charge in [0.2, 0.25) is 0 Å². The van der Waals surface area contributed by atoms with Crippen molar-refractivity contribution in [3.8, 4) is 0 Å². The number of rotatable bonds is 3. The average Bonchev–Trinajstić information content (AvgIpc) is 2.71. The molecule has 0 bridgehead atoms. The third-order valence-electron chi connectivity index (χ3n) is 2.47. The van der Waals surface area contributed by atoms with Gasteiger partial charge in [0.15, 0.2) is 0 Å². The van der Waals surface area contributed by atoms with Crippen molar-refractivity contribution in [2.24, 2.45) is 5.73 Å². The monoisotopic (exact) mass is 295 g/mol. The molecule has 2 N–H and O–H groups in total. The van der Waals surface area contributed by atoms with E-state index in [1.807, 2.05) is 4.68 Å². The molecular formula is C11H14BrN5. The van der Waals surface area contributed by atoms with E-state index in [0.29, 0.717) is 0 Å². The minimum atomic E-state index is -0.331. The summed E-state index contributed by atoms with van der Waals surface area (Å²) in [5.41, 5.74) is 7.86. The smallest absolute Gasteiger partial charge is 0.0924 e. The molecule has 2 rings (SSSR count). The normalized spacial score (nSPS) is 13.0. The predicted molar refractivity (Wildman–Crippen MR) is 68.4 cm³/mol. The fourth-order valence-corrected chi connectivity index (χ4v) is 2.18. The molecule has 2 heterocycles. The van der Waals surface area contributed by atoms with Crippen LogP contribution < -0.4 is 5.73 Å². The van der Waals surface area contributed by atoms with Crippen molar-refractivity contribution in [1.29, 1.82) is 0 Å². The Morgan fingerprint density at radius 2 is 2.06 bits per heavy atom. The summed E-state index contributed by atoms with van der Waals surface area (Å²) in [6.07, 6.45) is 6.70. The quantitative estimate of drug-likeness (QED) is 0.941. The third-order valence-corrected chi connectivity index (χ3v) is 3.08. The fourth-order valence-electron chi connectivity index (χ4n) is 1.66. The lowest BCUT2D eigenvalue weighted by atomic mass is 10.1. The van der Waals surface area contributed by atoms with E-state index >= 15 is 0 Å². The topological polar surface area (TPSA) is 69.6 Å². The van der Waals surface area contributed by atoms with Crippen LogP contribution in [-0.2, 0) is 0 Å². The van der Waals surface area contributed by atoms with Gasteiger partial charge in [0.25, 0.3) is 0 Å². The van der Waals surface area contributed by atoms with Gasteiger partial charge in [-0.25, -0.2) is 0 Å². The van der Waals surface area contributed by atoms with Gasteiger partial charge in [0.05, 0.1) is 34.3 Å². The van der Waals surface area contributed by atoms with Crippen molar-refractivity contribution < 1.29 is 0 Å². The van der Waals surface area contributed by atoms with Gasteiger partial charge >= 0.3 is 0 Å². The average molecular weight is 296 g/mol. The van der Waals surface area contributed by atoms with Crippen LogP contribution in [0.2, 0.25) is 0 Å². The lowest BCUT2D eigenvalue weighted by Crippen LogP contribution is -2.20. The van der Waals surface area contributed by atoms with Crippen LogP contribution >= 0.6 is 15.9 Å². The molecule has 1 atom stereocenters. The minimum Gasteiger partial charge on any atom is -0.318 e. The van der Waals surface area contributed by atoms with Crippen LogP contribution in [0, 0.1) is 0 Å². The van der Waals surface area contributed by atoms with E-state index < -0.39 is 0 Å². The lowest BCUT2D eigenvalue weighted by molar-refractivity contribution is 0.496. The molecule has 0 saturated carbocycles. The van der Waals surface area contributed by atoms with E-state index in [-0.39, 0.29) is 12.1 Å². The Morgan fingerprint density at radius 1 is 1.29 bits per heavy atom. The molecule has 1 unspecified atom stereocenters. The molecule has 90 valence electrons. The Labute approximate surface area is 108 Å². The van der Waals surface area contributed by atoms with Crippen LogP contribution in [0.5, 0.6) is 0 Å². The molecule has 0 amide bonds. The Balaban J connectivity index is 2.43. The summed E-state index contributed by atoms with van der Waals surface area (Å²) in [5, 5.41) is 4.30. The van der Waals surface area contributed by atoms with Crippen LogP contribution in [0.3, 0.4) is 0 Å². The summed E-state index contributed by atoms with van der Waals surface area (Å²) in [5.74, 6) is 0. The van der Waals surface area contributed by atoms with E-state index in [4.69, 9.17) is 5.73 Å². The first kappa shape index (κ1) is 12.2. The first-order chi connectivity index (χ1) is 8.11. The molecule has 5 nitrogen and oxygen atoms in total. The predicted octanol–water partition coefficient (Wildman–Crippen LogP) is 2.06. The molecule has 2 aromatic heterocycles.